The standard InChI is InChI=1S/C11H22N4O4.C6H13NO2/c1-7(14-9(16)6-13)10(17)15-8(11(18)19)4-2-3-5-12;1-4(2)3-5(7)6(8)9/h7-8H,2-6,12-13H2,1H3,(H,14,16)(H,15,17)(H,18,19);4-5H,3,7H2,1-2H3,(H,8,9). The number of carbonyl (C=O) groups excluding carboxylic acids is 2. The minimum atomic E-state index is -1.11. The molecule has 0 aromatic heterocycles. The molecule has 2 amide bonds. The lowest BCUT2D eigenvalue weighted by molar-refractivity contribution is -0.142. The summed E-state index contributed by atoms with van der Waals surface area (Å²) in [6, 6.07) is -2.49. The molecule has 0 saturated heterocycles. The average molecular weight is 405 g/mol. The summed E-state index contributed by atoms with van der Waals surface area (Å²) in [6.45, 7) is 5.60. The molecule has 11 nitrogen and oxygen atoms in total. The summed E-state index contributed by atoms with van der Waals surface area (Å²) in [6.07, 6.45) is 2.15. The molecule has 0 aliphatic heterocycles. The zero-order valence-electron chi connectivity index (χ0n) is 16.8. The van der Waals surface area contributed by atoms with E-state index in [0.717, 1.165) is 0 Å². The van der Waals surface area contributed by atoms with Crippen LogP contribution in [0.5, 0.6) is 0 Å². The quantitative estimate of drug-likeness (QED) is 0.190. The first-order valence-corrected chi connectivity index (χ1v) is 9.17. The smallest absolute Gasteiger partial charge is 0.326 e. The van der Waals surface area contributed by atoms with Gasteiger partial charge < -0.3 is 38.0 Å². The second-order valence-corrected chi connectivity index (χ2v) is 6.75. The molecule has 28 heavy (non-hydrogen) atoms. The fraction of sp³-hybridized carbons (Fsp3) is 0.765. The highest BCUT2D eigenvalue weighted by atomic mass is 16.4. The maximum Gasteiger partial charge on any atom is 0.326 e. The van der Waals surface area contributed by atoms with Crippen LogP contribution in [0.2, 0.25) is 0 Å². The summed E-state index contributed by atoms with van der Waals surface area (Å²) < 4.78 is 0. The van der Waals surface area contributed by atoms with Crippen LogP contribution >= 0.6 is 0 Å². The van der Waals surface area contributed by atoms with Gasteiger partial charge >= 0.3 is 11.9 Å². The first-order valence-electron chi connectivity index (χ1n) is 9.17. The molecule has 0 aromatic rings. The lowest BCUT2D eigenvalue weighted by atomic mass is 10.1. The SMILES string of the molecule is CC(C)CC(N)C(=O)O.CC(NC(=O)CN)C(=O)NC(CCCCN)C(=O)O. The fourth-order valence-electron chi connectivity index (χ4n) is 2.02. The van der Waals surface area contributed by atoms with Crippen LogP contribution in [-0.4, -0.2) is 65.2 Å². The Bertz CT molecular complexity index is 500. The molecule has 0 saturated carbocycles. The number of nitrogens with one attached hydrogen (secondary N) is 2. The Balaban J connectivity index is 0. The van der Waals surface area contributed by atoms with E-state index in [-0.39, 0.29) is 6.54 Å². The van der Waals surface area contributed by atoms with Gasteiger partial charge in [0.05, 0.1) is 6.54 Å². The molecule has 0 heterocycles. The van der Waals surface area contributed by atoms with Crippen LogP contribution in [0.1, 0.15) is 46.5 Å². The van der Waals surface area contributed by atoms with Crippen molar-refractivity contribution in [3.63, 3.8) is 0 Å². The van der Waals surface area contributed by atoms with Crippen molar-refractivity contribution in [3.05, 3.63) is 0 Å². The van der Waals surface area contributed by atoms with Crippen molar-refractivity contribution >= 4 is 23.8 Å². The molecule has 11 heteroatoms. The molecule has 0 radical (unpaired) electrons. The summed E-state index contributed by atoms with van der Waals surface area (Å²) in [5, 5.41) is 22.0. The normalized spacial score (nSPS) is 13.5. The van der Waals surface area contributed by atoms with Crippen LogP contribution in [0.4, 0.5) is 0 Å². The maximum atomic E-state index is 11.7. The van der Waals surface area contributed by atoms with Crippen LogP contribution in [0.15, 0.2) is 0 Å². The highest BCUT2D eigenvalue weighted by molar-refractivity contribution is 5.90. The molecule has 164 valence electrons. The number of nitrogens with two attached hydrogens (primary N) is 3. The van der Waals surface area contributed by atoms with Crippen molar-refractivity contribution in [3.8, 4) is 0 Å². The van der Waals surface area contributed by atoms with Crippen LogP contribution in [0.25, 0.3) is 0 Å². The summed E-state index contributed by atoms with van der Waals surface area (Å²) in [4.78, 5) is 43.8. The third-order valence-corrected chi connectivity index (χ3v) is 3.56. The van der Waals surface area contributed by atoms with E-state index in [1.54, 1.807) is 0 Å². The molecular weight excluding hydrogens is 370 g/mol. The first-order chi connectivity index (χ1) is 13.0. The molecule has 10 N–H and O–H groups in total. The van der Waals surface area contributed by atoms with Gasteiger partial charge in [-0.3, -0.25) is 14.4 Å². The molecule has 0 aliphatic rings. The average Bonchev–Trinajstić information content (AvgIpc) is 2.60. The van der Waals surface area contributed by atoms with Crippen molar-refractivity contribution in [2.45, 2.75) is 64.6 Å². The van der Waals surface area contributed by atoms with Crippen molar-refractivity contribution in [1.82, 2.24) is 10.6 Å². The lowest BCUT2D eigenvalue weighted by Gasteiger charge is -2.18. The second-order valence-electron chi connectivity index (χ2n) is 6.75. The van der Waals surface area contributed by atoms with Gasteiger partial charge in [0.25, 0.3) is 0 Å². The van der Waals surface area contributed by atoms with Gasteiger partial charge in [0.15, 0.2) is 0 Å². The maximum absolute atomic E-state index is 11.7. The van der Waals surface area contributed by atoms with Gasteiger partial charge in [0, 0.05) is 0 Å². The fourth-order valence-corrected chi connectivity index (χ4v) is 2.02. The number of unbranched alkanes of at least 4 members (excludes halogenated alkanes) is 1. The number of hydrogen-bond donors (Lipinski definition) is 7. The van der Waals surface area contributed by atoms with E-state index >= 15 is 0 Å². The van der Waals surface area contributed by atoms with E-state index in [2.05, 4.69) is 10.6 Å². The van der Waals surface area contributed by atoms with E-state index in [9.17, 15) is 19.2 Å². The van der Waals surface area contributed by atoms with E-state index < -0.39 is 41.9 Å². The molecular formula is C17H35N5O6. The molecule has 3 unspecified atom stereocenters. The monoisotopic (exact) mass is 405 g/mol. The van der Waals surface area contributed by atoms with Gasteiger partial charge in [-0.2, -0.15) is 0 Å². The minimum absolute atomic E-state index is 0.226. The van der Waals surface area contributed by atoms with Gasteiger partial charge in [-0.15, -0.1) is 0 Å². The van der Waals surface area contributed by atoms with Crippen molar-refractivity contribution in [2.24, 2.45) is 23.1 Å². The van der Waals surface area contributed by atoms with Crippen LogP contribution in [0, 0.1) is 5.92 Å². The second kappa shape index (κ2) is 15.8. The Hall–Kier alpha value is -2.24. The van der Waals surface area contributed by atoms with Crippen molar-refractivity contribution in [1.29, 1.82) is 0 Å². The van der Waals surface area contributed by atoms with Gasteiger partial charge in [0.2, 0.25) is 11.8 Å². The third-order valence-electron chi connectivity index (χ3n) is 3.56. The van der Waals surface area contributed by atoms with Gasteiger partial charge in [-0.1, -0.05) is 13.8 Å². The summed E-state index contributed by atoms with van der Waals surface area (Å²) in [5.41, 5.74) is 15.6. The van der Waals surface area contributed by atoms with E-state index in [1.807, 2.05) is 13.8 Å². The highest BCUT2D eigenvalue weighted by Crippen LogP contribution is 2.02. The summed E-state index contributed by atoms with van der Waals surface area (Å²) >= 11 is 0. The summed E-state index contributed by atoms with van der Waals surface area (Å²) in [5.74, 6) is -2.69. The molecule has 0 aromatic carbocycles. The first kappa shape index (κ1) is 28.0. The zero-order valence-corrected chi connectivity index (χ0v) is 16.8. The Kier molecular flexibility index (Phi) is 15.8. The number of aliphatic carboxylic acids is 2. The van der Waals surface area contributed by atoms with Crippen LogP contribution in [-0.2, 0) is 19.2 Å². The Morgan fingerprint density at radius 2 is 1.50 bits per heavy atom. The van der Waals surface area contributed by atoms with Crippen LogP contribution < -0.4 is 27.8 Å². The molecule has 0 bridgehead atoms. The molecule has 3 atom stereocenters. The number of amides is 2. The molecule has 0 rings (SSSR count). The third kappa shape index (κ3) is 14.9. The predicted octanol–water partition coefficient (Wildman–Crippen LogP) is -1.41. The Labute approximate surface area is 165 Å². The largest absolute Gasteiger partial charge is 0.480 e. The van der Waals surface area contributed by atoms with Gasteiger partial charge in [-0.25, -0.2) is 4.79 Å². The number of carboxylic acids is 2. The number of carbonyl (C=O) groups is 4. The Morgan fingerprint density at radius 1 is 0.929 bits per heavy atom. The molecule has 0 fully saturated rings. The van der Waals surface area contributed by atoms with Crippen LogP contribution in [0.3, 0.4) is 0 Å². The van der Waals surface area contributed by atoms with Crippen molar-refractivity contribution < 1.29 is 29.4 Å². The highest BCUT2D eigenvalue weighted by Gasteiger charge is 2.23. The molecule has 0 aliphatic carbocycles. The van der Waals surface area contributed by atoms with E-state index in [1.165, 1.54) is 6.92 Å². The number of hydrogen-bond acceptors (Lipinski definition) is 7. The minimum Gasteiger partial charge on any atom is -0.480 e. The van der Waals surface area contributed by atoms with E-state index in [4.69, 9.17) is 27.4 Å². The number of carboxylic acid groups (broad SMARTS) is 2. The summed E-state index contributed by atoms with van der Waals surface area (Å²) in [7, 11) is 0. The number of rotatable bonds is 12. The van der Waals surface area contributed by atoms with Gasteiger partial charge in [-0.05, 0) is 45.1 Å². The van der Waals surface area contributed by atoms with Gasteiger partial charge in [0.1, 0.15) is 18.1 Å². The Morgan fingerprint density at radius 3 is 1.86 bits per heavy atom. The topological polar surface area (TPSA) is 211 Å². The predicted molar refractivity (Wildman–Crippen MR) is 104 cm³/mol. The lowest BCUT2D eigenvalue weighted by Crippen LogP contribution is -2.51. The van der Waals surface area contributed by atoms with Crippen molar-refractivity contribution in [2.75, 3.05) is 13.1 Å². The van der Waals surface area contributed by atoms with E-state index in [0.29, 0.717) is 38.1 Å². The zero-order chi connectivity index (χ0) is 22.3. The molecule has 0 spiro atoms.